The molecule has 0 spiro atoms. The van der Waals surface area contributed by atoms with Crippen LogP contribution in [0.15, 0.2) is 66.7 Å². The van der Waals surface area contributed by atoms with E-state index in [1.807, 2.05) is 47.4 Å². The van der Waals surface area contributed by atoms with Crippen molar-refractivity contribution in [1.29, 1.82) is 0 Å². The Morgan fingerprint density at radius 2 is 1.70 bits per heavy atom. The molecule has 1 amide bonds. The van der Waals surface area contributed by atoms with Crippen LogP contribution in [0.5, 0.6) is 0 Å². The molecule has 5 nitrogen and oxygen atoms in total. The van der Waals surface area contributed by atoms with Crippen molar-refractivity contribution in [2.45, 2.75) is 0 Å². The number of morpholine rings is 1. The van der Waals surface area contributed by atoms with Gasteiger partial charge in [0.25, 0.3) is 5.91 Å². The molecule has 5 rings (SSSR count). The van der Waals surface area contributed by atoms with Crippen molar-refractivity contribution >= 4 is 33.9 Å². The fraction of sp³-hybridized carbons (Fsp3) is 0.160. The van der Waals surface area contributed by atoms with Crippen molar-refractivity contribution < 1.29 is 14.3 Å². The van der Waals surface area contributed by atoms with Gasteiger partial charge in [-0.3, -0.25) is 9.59 Å². The summed E-state index contributed by atoms with van der Waals surface area (Å²) in [6.07, 6.45) is 0.749. The Hall–Kier alpha value is -3.57. The second-order valence-corrected chi connectivity index (χ2v) is 7.38. The molecule has 2 heterocycles. The number of fused-ring (bicyclic) bond motifs is 2. The van der Waals surface area contributed by atoms with Crippen LogP contribution in [0.1, 0.15) is 20.8 Å². The zero-order valence-corrected chi connectivity index (χ0v) is 16.4. The third kappa shape index (κ3) is 3.23. The summed E-state index contributed by atoms with van der Waals surface area (Å²) >= 11 is 0. The average molecular weight is 396 g/mol. The van der Waals surface area contributed by atoms with Gasteiger partial charge >= 0.3 is 0 Å². The van der Waals surface area contributed by atoms with Gasteiger partial charge in [-0.05, 0) is 34.5 Å². The number of benzene rings is 3. The standard InChI is InChI=1S/C25H20N2O3/c28-16-20-9-8-18-14-19(25(29)27-10-12-30-13-11-27)15-23(24(18)26-20)22-7-3-5-17-4-1-2-6-21(17)22/h1-9,14-16H,10-13H2. The molecule has 30 heavy (non-hydrogen) atoms. The van der Waals surface area contributed by atoms with Crippen LogP contribution in [0.3, 0.4) is 0 Å². The highest BCUT2D eigenvalue weighted by Gasteiger charge is 2.21. The molecule has 0 aliphatic carbocycles. The fourth-order valence-corrected chi connectivity index (χ4v) is 4.05. The van der Waals surface area contributed by atoms with E-state index < -0.39 is 0 Å². The normalized spacial score (nSPS) is 14.2. The molecule has 1 fully saturated rings. The van der Waals surface area contributed by atoms with Crippen molar-refractivity contribution in [3.05, 3.63) is 78.0 Å². The smallest absolute Gasteiger partial charge is 0.254 e. The molecule has 0 radical (unpaired) electrons. The molecule has 1 aliphatic rings. The quantitative estimate of drug-likeness (QED) is 0.484. The van der Waals surface area contributed by atoms with Crippen LogP contribution < -0.4 is 0 Å². The molecular weight excluding hydrogens is 376 g/mol. The Kier molecular flexibility index (Phi) is 4.73. The van der Waals surface area contributed by atoms with E-state index in [1.54, 1.807) is 6.07 Å². The van der Waals surface area contributed by atoms with Crippen LogP contribution in [0.4, 0.5) is 0 Å². The predicted molar refractivity (Wildman–Crippen MR) is 117 cm³/mol. The number of aldehydes is 1. The first-order chi connectivity index (χ1) is 14.7. The second-order valence-electron chi connectivity index (χ2n) is 7.38. The lowest BCUT2D eigenvalue weighted by Crippen LogP contribution is -2.40. The van der Waals surface area contributed by atoms with E-state index in [0.29, 0.717) is 37.6 Å². The van der Waals surface area contributed by atoms with E-state index in [2.05, 4.69) is 23.2 Å². The van der Waals surface area contributed by atoms with Gasteiger partial charge in [-0.15, -0.1) is 0 Å². The summed E-state index contributed by atoms with van der Waals surface area (Å²) in [6.45, 7) is 2.28. The van der Waals surface area contributed by atoms with E-state index in [-0.39, 0.29) is 5.91 Å². The van der Waals surface area contributed by atoms with Gasteiger partial charge in [-0.2, -0.15) is 0 Å². The lowest BCUT2D eigenvalue weighted by atomic mass is 9.94. The van der Waals surface area contributed by atoms with Gasteiger partial charge in [0.05, 0.1) is 18.7 Å². The monoisotopic (exact) mass is 396 g/mol. The van der Waals surface area contributed by atoms with Crippen LogP contribution >= 0.6 is 0 Å². The summed E-state index contributed by atoms with van der Waals surface area (Å²) in [5, 5.41) is 3.03. The van der Waals surface area contributed by atoms with Crippen molar-refractivity contribution in [1.82, 2.24) is 9.88 Å². The predicted octanol–water partition coefficient (Wildman–Crippen LogP) is 4.34. The molecule has 0 N–H and O–H groups in total. The highest BCUT2D eigenvalue weighted by Crippen LogP contribution is 2.34. The number of carbonyl (C=O) groups excluding carboxylic acids is 2. The molecule has 3 aromatic carbocycles. The Morgan fingerprint density at radius 1 is 0.900 bits per heavy atom. The summed E-state index contributed by atoms with van der Waals surface area (Å²) in [4.78, 5) is 31.0. The third-order valence-corrected chi connectivity index (χ3v) is 5.56. The zero-order valence-electron chi connectivity index (χ0n) is 16.4. The molecule has 4 aromatic rings. The molecule has 0 unspecified atom stereocenters. The molecule has 1 aliphatic heterocycles. The Morgan fingerprint density at radius 3 is 2.53 bits per heavy atom. The molecule has 0 saturated carbocycles. The maximum absolute atomic E-state index is 13.2. The van der Waals surface area contributed by atoms with Crippen molar-refractivity contribution in [2.75, 3.05) is 26.3 Å². The summed E-state index contributed by atoms with van der Waals surface area (Å²) in [5.74, 6) is -0.0128. The first kappa shape index (κ1) is 18.5. The van der Waals surface area contributed by atoms with Crippen LogP contribution in [0, 0.1) is 0 Å². The van der Waals surface area contributed by atoms with Crippen molar-refractivity contribution in [3.8, 4) is 11.1 Å². The highest BCUT2D eigenvalue weighted by molar-refractivity contribution is 6.08. The molecule has 1 aromatic heterocycles. The Balaban J connectivity index is 1.75. The topological polar surface area (TPSA) is 59.5 Å². The number of carbonyl (C=O) groups is 2. The summed E-state index contributed by atoms with van der Waals surface area (Å²) < 4.78 is 5.39. The number of pyridine rings is 1. The minimum absolute atomic E-state index is 0.0128. The lowest BCUT2D eigenvalue weighted by Gasteiger charge is -2.27. The average Bonchev–Trinajstić information content (AvgIpc) is 2.82. The maximum atomic E-state index is 13.2. The number of ether oxygens (including phenoxy) is 1. The van der Waals surface area contributed by atoms with Gasteiger partial charge in [0.1, 0.15) is 5.69 Å². The van der Waals surface area contributed by atoms with Gasteiger partial charge in [0, 0.05) is 29.6 Å². The number of hydrogen-bond acceptors (Lipinski definition) is 4. The van der Waals surface area contributed by atoms with Crippen molar-refractivity contribution in [2.24, 2.45) is 0 Å². The van der Waals surface area contributed by atoms with Gasteiger partial charge in [-0.25, -0.2) is 4.98 Å². The van der Waals surface area contributed by atoms with E-state index in [0.717, 1.165) is 39.1 Å². The minimum Gasteiger partial charge on any atom is -0.378 e. The number of hydrogen-bond donors (Lipinski definition) is 0. The molecule has 1 saturated heterocycles. The van der Waals surface area contributed by atoms with Gasteiger partial charge in [0.2, 0.25) is 0 Å². The summed E-state index contributed by atoms with van der Waals surface area (Å²) in [5.41, 5.74) is 3.55. The number of rotatable bonds is 3. The van der Waals surface area contributed by atoms with Gasteiger partial charge < -0.3 is 9.64 Å². The van der Waals surface area contributed by atoms with Gasteiger partial charge in [0.15, 0.2) is 6.29 Å². The van der Waals surface area contributed by atoms with Crippen molar-refractivity contribution in [3.63, 3.8) is 0 Å². The number of nitrogens with zero attached hydrogens (tertiary/aromatic N) is 2. The van der Waals surface area contributed by atoms with Crippen LogP contribution in [-0.4, -0.2) is 48.4 Å². The molecule has 0 atom stereocenters. The summed E-state index contributed by atoms with van der Waals surface area (Å²) in [6, 6.07) is 21.6. The Bertz CT molecular complexity index is 1270. The third-order valence-electron chi connectivity index (χ3n) is 5.56. The van der Waals surface area contributed by atoms with E-state index in [1.165, 1.54) is 0 Å². The second kappa shape index (κ2) is 7.69. The van der Waals surface area contributed by atoms with Crippen LogP contribution in [0.25, 0.3) is 32.8 Å². The zero-order chi connectivity index (χ0) is 20.5. The van der Waals surface area contributed by atoms with E-state index in [9.17, 15) is 9.59 Å². The fourth-order valence-electron chi connectivity index (χ4n) is 4.05. The molecule has 0 bridgehead atoms. The maximum Gasteiger partial charge on any atom is 0.254 e. The van der Waals surface area contributed by atoms with E-state index >= 15 is 0 Å². The van der Waals surface area contributed by atoms with E-state index in [4.69, 9.17) is 4.74 Å². The molecule has 5 heteroatoms. The number of aromatic nitrogens is 1. The SMILES string of the molecule is O=Cc1ccc2cc(C(=O)N3CCOCC3)cc(-c3cccc4ccccc34)c2n1. The first-order valence-corrected chi connectivity index (χ1v) is 10.00. The highest BCUT2D eigenvalue weighted by atomic mass is 16.5. The first-order valence-electron chi connectivity index (χ1n) is 10.00. The molecular formula is C25H20N2O3. The summed E-state index contributed by atoms with van der Waals surface area (Å²) in [7, 11) is 0. The lowest BCUT2D eigenvalue weighted by molar-refractivity contribution is 0.0303. The minimum atomic E-state index is -0.0128. The number of amides is 1. The molecule has 148 valence electrons. The largest absolute Gasteiger partial charge is 0.378 e. The van der Waals surface area contributed by atoms with Crippen LogP contribution in [0.2, 0.25) is 0 Å². The van der Waals surface area contributed by atoms with Gasteiger partial charge in [-0.1, -0.05) is 48.5 Å². The Labute approximate surface area is 173 Å². The van der Waals surface area contributed by atoms with Crippen LogP contribution in [-0.2, 0) is 4.74 Å².